The first-order valence-corrected chi connectivity index (χ1v) is 13.5. The van der Waals surface area contributed by atoms with Crippen molar-refractivity contribution in [2.75, 3.05) is 18.7 Å². The summed E-state index contributed by atoms with van der Waals surface area (Å²) in [7, 11) is -3.85. The Balaban J connectivity index is 1.45. The van der Waals surface area contributed by atoms with E-state index in [1.165, 1.54) is 24.0 Å². The van der Waals surface area contributed by atoms with Gasteiger partial charge in [-0.25, -0.2) is 19.4 Å². The summed E-state index contributed by atoms with van der Waals surface area (Å²) < 4.78 is 52.2. The molecule has 1 aliphatic heterocycles. The molecule has 11 nitrogen and oxygen atoms in total. The molecule has 1 aromatic carbocycles. The highest BCUT2D eigenvalue weighted by Gasteiger charge is 2.36. The lowest BCUT2D eigenvalue weighted by molar-refractivity contribution is -0.146. The van der Waals surface area contributed by atoms with Gasteiger partial charge < -0.3 is 24.5 Å². The number of pyridine rings is 1. The van der Waals surface area contributed by atoms with Crippen molar-refractivity contribution in [3.8, 4) is 5.75 Å². The van der Waals surface area contributed by atoms with Gasteiger partial charge in [-0.15, -0.1) is 0 Å². The number of rotatable bonds is 11. The molecule has 0 bridgehead atoms. The van der Waals surface area contributed by atoms with Crippen LogP contribution >= 0.6 is 7.52 Å². The standard InChI is InChI=1S/C24H29FN5O6P/c1-15(2)12-33-24(31)16(3)29-37(32,36-17-7-5-4-6-8-17)14-34-20-11-18(25)23(35-20)30-13-28-21-19(26)9-10-27-22(21)30/h4-11,13,15-16,20,23H,12,14H2,1-3H3,(H2,26,27)(H,29,32)/t16-,20-,23+,37?/m0/s1. The first-order chi connectivity index (χ1) is 17.6. The molecule has 0 fully saturated rings. The SMILES string of the molecule is CC(C)COC(=O)[C@H](C)NP(=O)(CO[C@@H]1C=C(F)[C@H](n2cnc3c(N)ccnc32)O1)Oc1ccccc1. The number of nitrogens with zero attached hydrogens (tertiary/aromatic N) is 3. The minimum atomic E-state index is -3.85. The lowest BCUT2D eigenvalue weighted by Gasteiger charge is -2.25. The van der Waals surface area contributed by atoms with Gasteiger partial charge in [0.15, 0.2) is 30.3 Å². The molecule has 2 aromatic heterocycles. The van der Waals surface area contributed by atoms with Crippen LogP contribution in [-0.2, 0) is 23.6 Å². The third-order valence-electron chi connectivity index (χ3n) is 5.25. The predicted molar refractivity (Wildman–Crippen MR) is 134 cm³/mol. The number of aromatic nitrogens is 3. The molecule has 3 aromatic rings. The average Bonchev–Trinajstić information content (AvgIpc) is 3.45. The first kappa shape index (κ1) is 26.7. The molecule has 3 N–H and O–H groups in total. The summed E-state index contributed by atoms with van der Waals surface area (Å²) in [6.45, 7) is 5.54. The van der Waals surface area contributed by atoms with Crippen molar-refractivity contribution in [2.24, 2.45) is 5.92 Å². The number of carbonyl (C=O) groups is 1. The second-order valence-electron chi connectivity index (χ2n) is 8.88. The Morgan fingerprint density at radius 2 is 2.00 bits per heavy atom. The topological polar surface area (TPSA) is 140 Å². The van der Waals surface area contributed by atoms with Gasteiger partial charge in [0.2, 0.25) is 0 Å². The van der Waals surface area contributed by atoms with Crippen LogP contribution < -0.4 is 15.3 Å². The van der Waals surface area contributed by atoms with Crippen molar-refractivity contribution in [2.45, 2.75) is 39.3 Å². The second-order valence-corrected chi connectivity index (χ2v) is 10.9. The molecule has 3 heterocycles. The highest BCUT2D eigenvalue weighted by atomic mass is 31.2. The largest absolute Gasteiger partial charge is 0.464 e. The molecular formula is C24H29FN5O6P. The van der Waals surface area contributed by atoms with E-state index < -0.39 is 44.2 Å². The average molecular weight is 533 g/mol. The monoisotopic (exact) mass is 533 g/mol. The number of hydrogen-bond donors (Lipinski definition) is 2. The van der Waals surface area contributed by atoms with Crippen LogP contribution in [0.1, 0.15) is 27.0 Å². The lowest BCUT2D eigenvalue weighted by atomic mass is 10.2. The number of ether oxygens (including phenoxy) is 3. The van der Waals surface area contributed by atoms with E-state index in [0.29, 0.717) is 22.6 Å². The van der Waals surface area contributed by atoms with Crippen molar-refractivity contribution in [1.82, 2.24) is 19.6 Å². The molecule has 37 heavy (non-hydrogen) atoms. The molecule has 0 saturated carbocycles. The number of nitrogens with two attached hydrogens (primary N) is 1. The van der Waals surface area contributed by atoms with Crippen molar-refractivity contribution in [1.29, 1.82) is 0 Å². The maximum absolute atomic E-state index is 14.8. The van der Waals surface area contributed by atoms with E-state index in [9.17, 15) is 13.8 Å². The van der Waals surface area contributed by atoms with Gasteiger partial charge in [-0.3, -0.25) is 13.9 Å². The van der Waals surface area contributed by atoms with Gasteiger partial charge in [-0.05, 0) is 31.0 Å². The predicted octanol–water partition coefficient (Wildman–Crippen LogP) is 4.15. The summed E-state index contributed by atoms with van der Waals surface area (Å²) in [6, 6.07) is 9.04. The van der Waals surface area contributed by atoms with Gasteiger partial charge in [0.05, 0.1) is 18.6 Å². The molecule has 0 amide bonds. The third-order valence-corrected chi connectivity index (χ3v) is 7.02. The summed E-state index contributed by atoms with van der Waals surface area (Å²) in [5, 5.41) is 2.69. The van der Waals surface area contributed by atoms with E-state index in [-0.39, 0.29) is 12.5 Å². The maximum Gasteiger partial charge on any atom is 0.342 e. The maximum atomic E-state index is 14.8. The Bertz CT molecular complexity index is 1320. The number of hydrogen-bond acceptors (Lipinski definition) is 9. The van der Waals surface area contributed by atoms with Crippen LogP contribution in [0, 0.1) is 5.92 Å². The summed E-state index contributed by atoms with van der Waals surface area (Å²) in [5.41, 5.74) is 7.05. The van der Waals surface area contributed by atoms with E-state index >= 15 is 0 Å². The van der Waals surface area contributed by atoms with Gasteiger partial charge >= 0.3 is 13.5 Å². The minimum absolute atomic E-state index is 0.139. The van der Waals surface area contributed by atoms with Gasteiger partial charge in [-0.2, -0.15) is 0 Å². The molecule has 1 unspecified atom stereocenters. The smallest absolute Gasteiger partial charge is 0.342 e. The van der Waals surface area contributed by atoms with Crippen molar-refractivity contribution in [3.05, 3.63) is 60.8 Å². The normalized spacial score (nSPS) is 20.0. The number of nitrogens with one attached hydrogen (secondary N) is 1. The summed E-state index contributed by atoms with van der Waals surface area (Å²) in [4.78, 5) is 20.7. The first-order valence-electron chi connectivity index (χ1n) is 11.6. The number of benzene rings is 1. The fourth-order valence-corrected chi connectivity index (χ4v) is 5.17. The molecule has 0 radical (unpaired) electrons. The number of carbonyl (C=O) groups excluding carboxylic acids is 1. The van der Waals surface area contributed by atoms with E-state index in [4.69, 9.17) is 24.5 Å². The van der Waals surface area contributed by atoms with Crippen LogP contribution in [0.2, 0.25) is 0 Å². The van der Waals surface area contributed by atoms with Crippen LogP contribution in [0.4, 0.5) is 10.1 Å². The summed E-state index contributed by atoms with van der Waals surface area (Å²) in [6.07, 6.45) is 1.04. The molecule has 4 atom stereocenters. The molecule has 1 aliphatic rings. The van der Waals surface area contributed by atoms with Crippen LogP contribution in [0.3, 0.4) is 0 Å². The van der Waals surface area contributed by atoms with Crippen molar-refractivity contribution >= 4 is 30.3 Å². The molecule has 0 spiro atoms. The number of para-hydroxylation sites is 1. The van der Waals surface area contributed by atoms with Crippen molar-refractivity contribution < 1.29 is 32.5 Å². The van der Waals surface area contributed by atoms with Crippen LogP contribution in [-0.4, -0.2) is 45.8 Å². The third kappa shape index (κ3) is 6.53. The van der Waals surface area contributed by atoms with Gasteiger partial charge in [0, 0.05) is 12.3 Å². The molecule has 0 saturated heterocycles. The second kappa shape index (κ2) is 11.4. The Morgan fingerprint density at radius 1 is 1.24 bits per heavy atom. The molecular weight excluding hydrogens is 504 g/mol. The molecule has 198 valence electrons. The Hall–Kier alpha value is -3.31. The van der Waals surface area contributed by atoms with Crippen LogP contribution in [0.15, 0.2) is 60.8 Å². The Morgan fingerprint density at radius 3 is 2.73 bits per heavy atom. The lowest BCUT2D eigenvalue weighted by Crippen LogP contribution is -2.36. The highest BCUT2D eigenvalue weighted by Crippen LogP contribution is 2.45. The Labute approximate surface area is 213 Å². The molecule has 4 rings (SSSR count). The molecule has 0 aliphatic carbocycles. The quantitative estimate of drug-likeness (QED) is 0.273. The van der Waals surface area contributed by atoms with Crippen LogP contribution in [0.5, 0.6) is 5.75 Å². The van der Waals surface area contributed by atoms with E-state index in [0.717, 1.165) is 6.08 Å². The fraction of sp³-hybridized carbons (Fsp3) is 0.375. The van der Waals surface area contributed by atoms with Gasteiger partial charge in [-0.1, -0.05) is 32.0 Å². The zero-order chi connectivity index (χ0) is 26.6. The highest BCUT2D eigenvalue weighted by molar-refractivity contribution is 7.57. The number of imidazole rings is 1. The number of halogens is 1. The van der Waals surface area contributed by atoms with Crippen molar-refractivity contribution in [3.63, 3.8) is 0 Å². The zero-order valence-electron chi connectivity index (χ0n) is 20.6. The van der Waals surface area contributed by atoms with Gasteiger partial charge in [0.1, 0.15) is 17.3 Å². The number of nitrogen functional groups attached to an aromatic ring is 1. The Kier molecular flexibility index (Phi) is 8.23. The number of fused-ring (bicyclic) bond motifs is 1. The molecule has 13 heteroatoms. The van der Waals surface area contributed by atoms with Crippen LogP contribution in [0.25, 0.3) is 11.2 Å². The number of anilines is 1. The zero-order valence-corrected chi connectivity index (χ0v) is 21.5. The van der Waals surface area contributed by atoms with E-state index in [1.54, 1.807) is 36.4 Å². The number of esters is 1. The fourth-order valence-electron chi connectivity index (χ4n) is 3.49. The van der Waals surface area contributed by atoms with E-state index in [2.05, 4.69) is 15.1 Å². The summed E-state index contributed by atoms with van der Waals surface area (Å²) >= 11 is 0. The minimum Gasteiger partial charge on any atom is -0.464 e. The van der Waals surface area contributed by atoms with E-state index in [1.807, 2.05) is 13.8 Å². The van der Waals surface area contributed by atoms with Gasteiger partial charge in [0.25, 0.3) is 0 Å². The summed E-state index contributed by atoms with van der Waals surface area (Å²) in [5.74, 6) is -0.802.